The van der Waals surface area contributed by atoms with Gasteiger partial charge in [0.25, 0.3) is 8.38 Å². The molecule has 84 heavy (non-hydrogen) atoms. The standard InChI is InChI=1S/C76H106O6P2/c1-19-21-23-25-27-29-31-33-57-35-39-59(40-36-57)78-83(79-60-41-37-58(38-42-60)34-32-30-28-26-24-22-20-2)44-43-77-69-61(45-53(3)49-65(69)73(7,8)9)62-46-54(4)50-66(74(10,11)12)70(62)80-84-81-71-63(47-55(5)51-67(71)75(13,14)15)64-48-56(6)52-68(72(64)82-84)76(16,17)18/h35-42,45-52H,19-34,43-44H2,1-18H3. The molecule has 0 saturated heterocycles. The SMILES string of the molecule is CCCCCCCCCc1ccc(OP(CCOc2c(-c3cc(C)cc(C(C)(C)C)c3Op3oc4c(C(C)(C)C)cc(C)cc4c4cc(C)cc(C(C)(C)C)c4o3)cc(C)cc2C(C)(C)C)Oc2ccc(CCCCCCCCC)cc2)cc1. The molecular formula is C76H106O6P2. The summed E-state index contributed by atoms with van der Waals surface area (Å²) in [5.74, 6) is 3.18. The third-order valence-corrected chi connectivity index (χ3v) is 18.5. The number of hydrogen-bond donors (Lipinski definition) is 0. The van der Waals surface area contributed by atoms with E-state index >= 15 is 0 Å². The van der Waals surface area contributed by atoms with Crippen LogP contribution in [0.5, 0.6) is 23.0 Å². The van der Waals surface area contributed by atoms with E-state index in [0.29, 0.717) is 12.8 Å². The van der Waals surface area contributed by atoms with Crippen molar-refractivity contribution < 1.29 is 26.7 Å². The van der Waals surface area contributed by atoms with Crippen LogP contribution in [-0.2, 0) is 34.5 Å². The second-order valence-corrected chi connectivity index (χ2v) is 30.8. The Labute approximate surface area is 511 Å². The van der Waals surface area contributed by atoms with Gasteiger partial charge in [0, 0.05) is 44.2 Å². The van der Waals surface area contributed by atoms with Crippen LogP contribution >= 0.6 is 16.6 Å². The van der Waals surface area contributed by atoms with E-state index in [1.54, 1.807) is 0 Å². The minimum absolute atomic E-state index is 0.230. The summed E-state index contributed by atoms with van der Waals surface area (Å²) < 4.78 is 43.3. The minimum atomic E-state index is -2.08. The van der Waals surface area contributed by atoms with Crippen molar-refractivity contribution >= 4 is 38.6 Å². The summed E-state index contributed by atoms with van der Waals surface area (Å²) in [5.41, 5.74) is 14.2. The maximum atomic E-state index is 7.57. The topological polar surface area (TPSA) is 63.2 Å². The summed E-state index contributed by atoms with van der Waals surface area (Å²) in [6, 6.07) is 35.6. The predicted octanol–water partition coefficient (Wildman–Crippen LogP) is 24.7. The maximum Gasteiger partial charge on any atom is 0.453 e. The Kier molecular flexibility index (Phi) is 23.3. The number of fused-ring (bicyclic) bond motifs is 3. The lowest BCUT2D eigenvalue weighted by Crippen LogP contribution is -2.17. The summed E-state index contributed by atoms with van der Waals surface area (Å²) in [5, 5.41) is 2.06. The average Bonchev–Trinajstić information content (AvgIpc) is 2.01. The fourth-order valence-corrected chi connectivity index (χ4v) is 13.7. The number of unbranched alkanes of at least 4 members (excludes halogenated alkanes) is 12. The van der Waals surface area contributed by atoms with Gasteiger partial charge in [-0.15, -0.1) is 0 Å². The first kappa shape index (κ1) is 66.4. The van der Waals surface area contributed by atoms with E-state index in [2.05, 4.69) is 222 Å². The van der Waals surface area contributed by atoms with Crippen molar-refractivity contribution in [2.24, 2.45) is 0 Å². The van der Waals surface area contributed by atoms with E-state index in [4.69, 9.17) is 26.7 Å². The van der Waals surface area contributed by atoms with E-state index in [-0.39, 0.29) is 21.7 Å². The van der Waals surface area contributed by atoms with Gasteiger partial charge < -0.3 is 26.7 Å². The smallest absolute Gasteiger partial charge is 0.453 e. The second-order valence-electron chi connectivity index (χ2n) is 28.4. The van der Waals surface area contributed by atoms with Crippen molar-refractivity contribution in [3.63, 3.8) is 0 Å². The van der Waals surface area contributed by atoms with Crippen LogP contribution in [0.3, 0.4) is 0 Å². The number of ether oxygens (including phenoxy) is 1. The van der Waals surface area contributed by atoms with E-state index in [1.807, 2.05) is 0 Å². The van der Waals surface area contributed by atoms with Crippen molar-refractivity contribution in [1.29, 1.82) is 0 Å². The molecule has 6 nitrogen and oxygen atoms in total. The molecule has 0 fully saturated rings. The Hall–Kier alpha value is -5.15. The molecule has 7 aromatic rings. The first-order valence-corrected chi connectivity index (χ1v) is 34.6. The van der Waals surface area contributed by atoms with Crippen LogP contribution in [0, 0.1) is 27.7 Å². The highest BCUT2D eigenvalue weighted by molar-refractivity contribution is 7.48. The fraction of sp³-hybridized carbons (Fsp3) is 0.526. The highest BCUT2D eigenvalue weighted by Gasteiger charge is 2.31. The number of hydrogen-bond acceptors (Lipinski definition) is 6. The van der Waals surface area contributed by atoms with E-state index in [1.165, 1.54) is 112 Å². The van der Waals surface area contributed by atoms with Gasteiger partial charge in [-0.25, -0.2) is 0 Å². The minimum Gasteiger partial charge on any atom is -0.492 e. The average molecular weight is 1180 g/mol. The van der Waals surface area contributed by atoms with Gasteiger partial charge in [-0.05, 0) is 157 Å². The van der Waals surface area contributed by atoms with Gasteiger partial charge in [0.05, 0.1) is 12.8 Å². The number of benzene rings is 6. The molecule has 0 bridgehead atoms. The van der Waals surface area contributed by atoms with Crippen LogP contribution in [0.2, 0.25) is 0 Å². The van der Waals surface area contributed by atoms with Crippen LogP contribution in [-0.4, -0.2) is 12.8 Å². The zero-order chi connectivity index (χ0) is 61.0. The summed E-state index contributed by atoms with van der Waals surface area (Å²) in [4.78, 5) is 0. The van der Waals surface area contributed by atoms with Crippen molar-refractivity contribution in [2.75, 3.05) is 12.8 Å². The summed E-state index contributed by atoms with van der Waals surface area (Å²) >= 11 is 0. The van der Waals surface area contributed by atoms with E-state index in [0.717, 1.165) is 102 Å². The molecule has 1 aromatic heterocycles. The quantitative estimate of drug-likeness (QED) is 0.0378. The highest BCUT2D eigenvalue weighted by Crippen LogP contribution is 2.52. The second kappa shape index (κ2) is 29.5. The van der Waals surface area contributed by atoms with Gasteiger partial charge in [0.1, 0.15) is 34.2 Å². The Morgan fingerprint density at radius 1 is 0.405 bits per heavy atom. The molecule has 0 atom stereocenters. The first-order valence-electron chi connectivity index (χ1n) is 32.1. The highest BCUT2D eigenvalue weighted by atomic mass is 31.2. The molecular weight excluding hydrogens is 1070 g/mol. The molecule has 0 aliphatic carbocycles. The Balaban J connectivity index is 1.29. The zero-order valence-electron chi connectivity index (χ0n) is 55.3. The van der Waals surface area contributed by atoms with Gasteiger partial charge in [-0.1, -0.05) is 223 Å². The number of aryl methyl sites for hydroxylation is 6. The first-order chi connectivity index (χ1) is 39.7. The molecule has 6 aromatic carbocycles. The molecule has 0 saturated carbocycles. The molecule has 0 spiro atoms. The Morgan fingerprint density at radius 3 is 1.14 bits per heavy atom. The largest absolute Gasteiger partial charge is 0.492 e. The van der Waals surface area contributed by atoms with Crippen molar-refractivity contribution in [3.8, 4) is 34.1 Å². The van der Waals surface area contributed by atoms with Crippen LogP contribution in [0.1, 0.15) is 242 Å². The fourth-order valence-electron chi connectivity index (χ4n) is 11.4. The van der Waals surface area contributed by atoms with Gasteiger partial charge in [-0.3, -0.25) is 0 Å². The lowest BCUT2D eigenvalue weighted by molar-refractivity contribution is 0.327. The van der Waals surface area contributed by atoms with Gasteiger partial charge in [0.2, 0.25) is 0 Å². The summed E-state index contributed by atoms with van der Waals surface area (Å²) in [6.45, 7) is 40.8. The molecule has 8 heteroatoms. The Morgan fingerprint density at radius 2 is 0.750 bits per heavy atom. The molecule has 456 valence electrons. The zero-order valence-corrected chi connectivity index (χ0v) is 57.1. The molecule has 1 heterocycles. The monoisotopic (exact) mass is 1180 g/mol. The van der Waals surface area contributed by atoms with Crippen LogP contribution in [0.25, 0.3) is 33.1 Å². The molecule has 0 N–H and O–H groups in total. The lowest BCUT2D eigenvalue weighted by Gasteiger charge is -2.29. The van der Waals surface area contributed by atoms with Crippen LogP contribution in [0.4, 0.5) is 0 Å². The van der Waals surface area contributed by atoms with Gasteiger partial charge in [-0.2, -0.15) is 0 Å². The third kappa shape index (κ3) is 18.4. The molecule has 0 aliphatic rings. The maximum absolute atomic E-state index is 7.57. The Bertz CT molecular complexity index is 3140. The summed E-state index contributed by atoms with van der Waals surface area (Å²) in [6.07, 6.45) is 20.9. The van der Waals surface area contributed by atoms with Crippen LogP contribution in [0.15, 0.2) is 105 Å². The van der Waals surface area contributed by atoms with E-state index in [9.17, 15) is 0 Å². The molecule has 7 rings (SSSR count). The summed E-state index contributed by atoms with van der Waals surface area (Å²) in [7, 11) is -3.55. The normalized spacial score (nSPS) is 12.4. The molecule has 0 radical (unpaired) electrons. The molecule has 0 aliphatic heterocycles. The molecule has 0 unspecified atom stereocenters. The van der Waals surface area contributed by atoms with Gasteiger partial charge >= 0.3 is 8.24 Å². The van der Waals surface area contributed by atoms with Crippen LogP contribution < -0.4 is 18.3 Å². The number of rotatable bonds is 27. The predicted molar refractivity (Wildman–Crippen MR) is 363 cm³/mol. The lowest BCUT2D eigenvalue weighted by atomic mass is 9.80. The van der Waals surface area contributed by atoms with Crippen molar-refractivity contribution in [1.82, 2.24) is 0 Å². The van der Waals surface area contributed by atoms with E-state index < -0.39 is 16.6 Å². The van der Waals surface area contributed by atoms with Crippen molar-refractivity contribution in [3.05, 3.63) is 153 Å². The van der Waals surface area contributed by atoms with Gasteiger partial charge in [0.15, 0.2) is 0 Å². The third-order valence-electron chi connectivity index (χ3n) is 16.2. The molecule has 0 amide bonds. The van der Waals surface area contributed by atoms with Crippen molar-refractivity contribution in [2.45, 2.75) is 249 Å².